The summed E-state index contributed by atoms with van der Waals surface area (Å²) in [6.07, 6.45) is 44.3. The Labute approximate surface area is 219 Å². The second-order valence-corrected chi connectivity index (χ2v) is 11.7. The Hall–Kier alpha value is 0. The first-order valence-electron chi connectivity index (χ1n) is 16.8. The maximum atomic E-state index is 2.33. The van der Waals surface area contributed by atoms with Crippen LogP contribution in [-0.2, 0) is 0 Å². The third-order valence-corrected chi connectivity index (χ3v) is 8.15. The SMILES string of the molecule is CCCCCCCCCCCCCCCC(CCCCCCCC)CCCCCCCCCC. The van der Waals surface area contributed by atoms with E-state index in [1.165, 1.54) is 193 Å². The van der Waals surface area contributed by atoms with Gasteiger partial charge in [0.05, 0.1) is 0 Å². The normalized spacial score (nSPS) is 12.4. The van der Waals surface area contributed by atoms with Gasteiger partial charge in [-0.1, -0.05) is 213 Å². The van der Waals surface area contributed by atoms with Gasteiger partial charge in [-0.2, -0.15) is 0 Å². The summed E-state index contributed by atoms with van der Waals surface area (Å²) in [4.78, 5) is 0. The van der Waals surface area contributed by atoms with E-state index in [-0.39, 0.29) is 0 Å². The highest BCUT2D eigenvalue weighted by Gasteiger charge is 2.09. The van der Waals surface area contributed by atoms with Gasteiger partial charge in [0.25, 0.3) is 0 Å². The molecule has 0 aromatic heterocycles. The van der Waals surface area contributed by atoms with Gasteiger partial charge < -0.3 is 0 Å². The van der Waals surface area contributed by atoms with Crippen molar-refractivity contribution in [2.75, 3.05) is 0 Å². The number of unbranched alkanes of at least 4 members (excludes halogenated alkanes) is 24. The number of rotatable bonds is 30. The van der Waals surface area contributed by atoms with Crippen molar-refractivity contribution in [3.8, 4) is 0 Å². The lowest BCUT2D eigenvalue weighted by Crippen LogP contribution is -2.01. The fourth-order valence-electron chi connectivity index (χ4n) is 5.66. The van der Waals surface area contributed by atoms with Crippen LogP contribution < -0.4 is 0 Å². The van der Waals surface area contributed by atoms with E-state index < -0.39 is 0 Å². The van der Waals surface area contributed by atoms with E-state index in [0.29, 0.717) is 0 Å². The molecule has 1 atom stereocenters. The first-order chi connectivity index (χ1) is 16.8. The average Bonchev–Trinajstić information content (AvgIpc) is 2.85. The zero-order valence-corrected chi connectivity index (χ0v) is 24.8. The summed E-state index contributed by atoms with van der Waals surface area (Å²) in [5.41, 5.74) is 0. The van der Waals surface area contributed by atoms with E-state index in [1.807, 2.05) is 0 Å². The summed E-state index contributed by atoms with van der Waals surface area (Å²) in [5, 5.41) is 0. The molecule has 0 N–H and O–H groups in total. The Morgan fingerprint density at radius 1 is 0.235 bits per heavy atom. The largest absolute Gasteiger partial charge is 0.0654 e. The quantitative estimate of drug-likeness (QED) is 0.0900. The Balaban J connectivity index is 3.74. The molecule has 0 amide bonds. The molecule has 206 valence electrons. The molecule has 0 heteroatoms. The van der Waals surface area contributed by atoms with Crippen molar-refractivity contribution in [1.29, 1.82) is 0 Å². The lowest BCUT2D eigenvalue weighted by molar-refractivity contribution is 0.365. The van der Waals surface area contributed by atoms with Crippen LogP contribution in [0.4, 0.5) is 0 Å². The van der Waals surface area contributed by atoms with Gasteiger partial charge >= 0.3 is 0 Å². The zero-order chi connectivity index (χ0) is 24.8. The van der Waals surface area contributed by atoms with Gasteiger partial charge in [0, 0.05) is 0 Å². The van der Waals surface area contributed by atoms with Crippen LogP contribution in [0.25, 0.3) is 0 Å². The van der Waals surface area contributed by atoms with Crippen LogP contribution in [0.1, 0.15) is 213 Å². The standard InChI is InChI=1S/C34H70/c1-4-7-10-13-16-18-19-20-21-22-24-27-30-33-34(31-28-25-15-12-9-6-3)32-29-26-23-17-14-11-8-5-2/h34H,4-33H2,1-3H3. The summed E-state index contributed by atoms with van der Waals surface area (Å²) < 4.78 is 0. The van der Waals surface area contributed by atoms with Crippen molar-refractivity contribution < 1.29 is 0 Å². The number of hydrogen-bond donors (Lipinski definition) is 0. The summed E-state index contributed by atoms with van der Waals surface area (Å²) in [6, 6.07) is 0. The minimum absolute atomic E-state index is 1.04. The fraction of sp³-hybridized carbons (Fsp3) is 1.00. The monoisotopic (exact) mass is 479 g/mol. The van der Waals surface area contributed by atoms with Crippen LogP contribution in [-0.4, -0.2) is 0 Å². The molecule has 0 saturated heterocycles. The molecule has 0 rings (SSSR count). The topological polar surface area (TPSA) is 0 Å². The van der Waals surface area contributed by atoms with Crippen molar-refractivity contribution in [1.82, 2.24) is 0 Å². The van der Waals surface area contributed by atoms with Crippen LogP contribution >= 0.6 is 0 Å². The molecule has 0 spiro atoms. The van der Waals surface area contributed by atoms with Crippen LogP contribution in [0.2, 0.25) is 0 Å². The first kappa shape index (κ1) is 34.0. The smallest absolute Gasteiger partial charge is 0.0414 e. The third kappa shape index (κ3) is 28.2. The van der Waals surface area contributed by atoms with Gasteiger partial charge in [-0.25, -0.2) is 0 Å². The molecule has 0 aliphatic rings. The molecule has 0 saturated carbocycles. The van der Waals surface area contributed by atoms with E-state index in [0.717, 1.165) is 5.92 Å². The summed E-state index contributed by atoms with van der Waals surface area (Å²) >= 11 is 0. The molecule has 1 unspecified atom stereocenters. The molecule has 0 aliphatic carbocycles. The molecule has 0 aromatic carbocycles. The van der Waals surface area contributed by atoms with Gasteiger partial charge in [-0.05, 0) is 5.92 Å². The van der Waals surface area contributed by atoms with Crippen molar-refractivity contribution in [3.05, 3.63) is 0 Å². The van der Waals surface area contributed by atoms with E-state index in [2.05, 4.69) is 20.8 Å². The fourth-order valence-corrected chi connectivity index (χ4v) is 5.66. The predicted octanol–water partition coefficient (Wildman–Crippen LogP) is 13.4. The molecule has 0 aliphatic heterocycles. The minimum Gasteiger partial charge on any atom is -0.0654 e. The molecule has 0 aromatic rings. The molecule has 34 heavy (non-hydrogen) atoms. The maximum Gasteiger partial charge on any atom is -0.0414 e. The second-order valence-electron chi connectivity index (χ2n) is 11.7. The second kappa shape index (κ2) is 31.0. The Morgan fingerprint density at radius 3 is 0.618 bits per heavy atom. The Kier molecular flexibility index (Phi) is 31.0. The molecule has 0 fully saturated rings. The zero-order valence-electron chi connectivity index (χ0n) is 24.8. The van der Waals surface area contributed by atoms with Crippen LogP contribution in [0, 0.1) is 5.92 Å². The lowest BCUT2D eigenvalue weighted by atomic mass is 9.89. The van der Waals surface area contributed by atoms with E-state index in [4.69, 9.17) is 0 Å². The summed E-state index contributed by atoms with van der Waals surface area (Å²) in [7, 11) is 0. The number of hydrogen-bond acceptors (Lipinski definition) is 0. The highest BCUT2D eigenvalue weighted by atomic mass is 14.1. The van der Waals surface area contributed by atoms with Crippen molar-refractivity contribution in [2.24, 2.45) is 5.92 Å². The van der Waals surface area contributed by atoms with Crippen molar-refractivity contribution in [2.45, 2.75) is 213 Å². The first-order valence-corrected chi connectivity index (χ1v) is 16.8. The molecule has 0 bridgehead atoms. The van der Waals surface area contributed by atoms with Gasteiger partial charge in [-0.3, -0.25) is 0 Å². The molecular weight excluding hydrogens is 408 g/mol. The molecule has 0 radical (unpaired) electrons. The lowest BCUT2D eigenvalue weighted by Gasteiger charge is -2.17. The summed E-state index contributed by atoms with van der Waals surface area (Å²) in [6.45, 7) is 6.96. The summed E-state index contributed by atoms with van der Waals surface area (Å²) in [5.74, 6) is 1.04. The van der Waals surface area contributed by atoms with Gasteiger partial charge in [0.15, 0.2) is 0 Å². The van der Waals surface area contributed by atoms with Gasteiger partial charge in [0.2, 0.25) is 0 Å². The van der Waals surface area contributed by atoms with Crippen LogP contribution in [0.15, 0.2) is 0 Å². The highest BCUT2D eigenvalue weighted by molar-refractivity contribution is 4.62. The Morgan fingerprint density at radius 2 is 0.412 bits per heavy atom. The van der Waals surface area contributed by atoms with Crippen molar-refractivity contribution >= 4 is 0 Å². The molecular formula is C34H70. The maximum absolute atomic E-state index is 2.33. The van der Waals surface area contributed by atoms with E-state index >= 15 is 0 Å². The molecule has 0 nitrogen and oxygen atoms in total. The van der Waals surface area contributed by atoms with E-state index in [1.54, 1.807) is 0 Å². The van der Waals surface area contributed by atoms with Crippen LogP contribution in [0.5, 0.6) is 0 Å². The predicted molar refractivity (Wildman–Crippen MR) is 159 cm³/mol. The molecule has 0 heterocycles. The van der Waals surface area contributed by atoms with Crippen LogP contribution in [0.3, 0.4) is 0 Å². The highest BCUT2D eigenvalue weighted by Crippen LogP contribution is 2.25. The van der Waals surface area contributed by atoms with E-state index in [9.17, 15) is 0 Å². The minimum atomic E-state index is 1.04. The van der Waals surface area contributed by atoms with Gasteiger partial charge in [0.1, 0.15) is 0 Å². The van der Waals surface area contributed by atoms with Gasteiger partial charge in [-0.15, -0.1) is 0 Å². The average molecular weight is 479 g/mol. The van der Waals surface area contributed by atoms with Crippen molar-refractivity contribution in [3.63, 3.8) is 0 Å². The Bertz CT molecular complexity index is 333. The third-order valence-electron chi connectivity index (χ3n) is 8.15.